The summed E-state index contributed by atoms with van der Waals surface area (Å²) in [5.41, 5.74) is 0. The fourth-order valence-corrected chi connectivity index (χ4v) is 3.07. The summed E-state index contributed by atoms with van der Waals surface area (Å²) < 4.78 is 10.0. The van der Waals surface area contributed by atoms with Crippen molar-refractivity contribution in [3.05, 3.63) is 0 Å². The van der Waals surface area contributed by atoms with Crippen LogP contribution in [0.15, 0.2) is 0 Å². The Labute approximate surface area is 126 Å². The van der Waals surface area contributed by atoms with Crippen LogP contribution in [0, 0.1) is 0 Å². The zero-order valence-electron chi connectivity index (χ0n) is 12.8. The monoisotopic (exact) mass is 298 g/mol. The van der Waals surface area contributed by atoms with Crippen LogP contribution in [0.25, 0.3) is 0 Å². The van der Waals surface area contributed by atoms with Gasteiger partial charge in [0.25, 0.3) is 0 Å². The van der Waals surface area contributed by atoms with Gasteiger partial charge in [-0.25, -0.2) is 0 Å². The summed E-state index contributed by atoms with van der Waals surface area (Å²) in [6, 6.07) is 0.363. The van der Waals surface area contributed by atoms with E-state index >= 15 is 0 Å². The highest BCUT2D eigenvalue weighted by molar-refractivity contribution is 5.78. The van der Waals surface area contributed by atoms with Gasteiger partial charge in [0.05, 0.1) is 20.1 Å². The minimum Gasteiger partial charge on any atom is -0.469 e. The van der Waals surface area contributed by atoms with Crippen LogP contribution < -0.4 is 5.32 Å². The molecule has 120 valence electrons. The molecule has 0 saturated carbocycles. The molecule has 0 aromatic carbocycles. The van der Waals surface area contributed by atoms with E-state index in [1.165, 1.54) is 7.11 Å². The molecule has 2 heterocycles. The largest absolute Gasteiger partial charge is 0.469 e. The van der Waals surface area contributed by atoms with Gasteiger partial charge < -0.3 is 14.8 Å². The molecule has 2 rings (SSSR count). The number of likely N-dealkylation sites (tertiary alicyclic amines) is 1. The SMILES string of the molecule is COC(=O)CC1CCCCN1CC(=O)NC1CCOCC1. The normalized spacial score (nSPS) is 24.5. The van der Waals surface area contributed by atoms with Crippen molar-refractivity contribution in [2.75, 3.05) is 33.4 Å². The first-order valence-corrected chi connectivity index (χ1v) is 7.87. The molecule has 2 saturated heterocycles. The Bertz CT molecular complexity index is 356. The lowest BCUT2D eigenvalue weighted by molar-refractivity contribution is -0.143. The van der Waals surface area contributed by atoms with Crippen LogP contribution in [-0.4, -0.2) is 62.3 Å². The molecule has 0 aromatic heterocycles. The lowest BCUT2D eigenvalue weighted by atomic mass is 9.99. The molecule has 1 atom stereocenters. The van der Waals surface area contributed by atoms with Crippen molar-refractivity contribution in [1.82, 2.24) is 10.2 Å². The Morgan fingerprint density at radius 2 is 2.00 bits per heavy atom. The predicted molar refractivity (Wildman–Crippen MR) is 77.8 cm³/mol. The van der Waals surface area contributed by atoms with Gasteiger partial charge in [-0.2, -0.15) is 0 Å². The highest BCUT2D eigenvalue weighted by atomic mass is 16.5. The van der Waals surface area contributed by atoms with Crippen molar-refractivity contribution in [3.63, 3.8) is 0 Å². The van der Waals surface area contributed by atoms with E-state index in [2.05, 4.69) is 10.2 Å². The number of hydrogen-bond donors (Lipinski definition) is 1. The summed E-state index contributed by atoms with van der Waals surface area (Å²) in [6.07, 6.45) is 5.30. The number of ether oxygens (including phenoxy) is 2. The number of piperidine rings is 1. The van der Waals surface area contributed by atoms with Gasteiger partial charge in [0.2, 0.25) is 5.91 Å². The molecule has 1 amide bonds. The molecule has 1 N–H and O–H groups in total. The molecular weight excluding hydrogens is 272 g/mol. The summed E-state index contributed by atoms with van der Waals surface area (Å²) in [6.45, 7) is 2.70. The maximum atomic E-state index is 12.2. The molecule has 6 heteroatoms. The lowest BCUT2D eigenvalue weighted by Crippen LogP contribution is -2.49. The van der Waals surface area contributed by atoms with E-state index in [1.54, 1.807) is 0 Å². The van der Waals surface area contributed by atoms with Crippen molar-refractivity contribution in [2.45, 2.75) is 50.6 Å². The standard InChI is InChI=1S/C15H26N2O4/c1-20-15(19)10-13-4-2-3-7-17(13)11-14(18)16-12-5-8-21-9-6-12/h12-13H,2-11H2,1H3,(H,16,18). The van der Waals surface area contributed by atoms with Gasteiger partial charge in [-0.1, -0.05) is 6.42 Å². The Morgan fingerprint density at radius 3 is 2.71 bits per heavy atom. The van der Waals surface area contributed by atoms with Crippen LogP contribution in [0.2, 0.25) is 0 Å². The Balaban J connectivity index is 1.80. The minimum absolute atomic E-state index is 0.0543. The van der Waals surface area contributed by atoms with Crippen molar-refractivity contribution in [1.29, 1.82) is 0 Å². The molecule has 2 fully saturated rings. The summed E-state index contributed by atoms with van der Waals surface area (Å²) >= 11 is 0. The molecule has 21 heavy (non-hydrogen) atoms. The number of hydrogen-bond acceptors (Lipinski definition) is 5. The number of nitrogens with zero attached hydrogens (tertiary/aromatic N) is 1. The average molecular weight is 298 g/mol. The number of esters is 1. The van der Waals surface area contributed by atoms with Crippen LogP contribution >= 0.6 is 0 Å². The van der Waals surface area contributed by atoms with E-state index < -0.39 is 0 Å². The van der Waals surface area contributed by atoms with Crippen LogP contribution in [0.1, 0.15) is 38.5 Å². The molecule has 0 radical (unpaired) electrons. The smallest absolute Gasteiger partial charge is 0.307 e. The quantitative estimate of drug-likeness (QED) is 0.757. The fraction of sp³-hybridized carbons (Fsp3) is 0.867. The van der Waals surface area contributed by atoms with Gasteiger partial charge in [-0.05, 0) is 32.2 Å². The Kier molecular flexibility index (Phi) is 6.45. The van der Waals surface area contributed by atoms with Gasteiger partial charge in [-0.3, -0.25) is 14.5 Å². The number of nitrogens with one attached hydrogen (secondary N) is 1. The van der Waals surface area contributed by atoms with E-state index in [1.807, 2.05) is 0 Å². The van der Waals surface area contributed by atoms with Gasteiger partial charge in [0.1, 0.15) is 0 Å². The van der Waals surface area contributed by atoms with Crippen LogP contribution in [0.3, 0.4) is 0 Å². The minimum atomic E-state index is -0.197. The van der Waals surface area contributed by atoms with Crippen molar-refractivity contribution in [3.8, 4) is 0 Å². The molecular formula is C15H26N2O4. The third-order valence-electron chi connectivity index (χ3n) is 4.31. The van der Waals surface area contributed by atoms with Crippen LogP contribution in [0.5, 0.6) is 0 Å². The lowest BCUT2D eigenvalue weighted by Gasteiger charge is -2.35. The molecule has 6 nitrogen and oxygen atoms in total. The number of carbonyl (C=O) groups excluding carboxylic acids is 2. The van der Waals surface area contributed by atoms with E-state index in [4.69, 9.17) is 9.47 Å². The van der Waals surface area contributed by atoms with Crippen molar-refractivity contribution in [2.24, 2.45) is 0 Å². The molecule has 0 aliphatic carbocycles. The fourth-order valence-electron chi connectivity index (χ4n) is 3.07. The Morgan fingerprint density at radius 1 is 1.24 bits per heavy atom. The maximum Gasteiger partial charge on any atom is 0.307 e. The number of rotatable bonds is 5. The van der Waals surface area contributed by atoms with Crippen molar-refractivity contribution >= 4 is 11.9 Å². The molecule has 0 aromatic rings. The van der Waals surface area contributed by atoms with Crippen LogP contribution in [0.4, 0.5) is 0 Å². The van der Waals surface area contributed by atoms with E-state index in [0.29, 0.717) is 13.0 Å². The molecule has 2 aliphatic rings. The highest BCUT2D eigenvalue weighted by Crippen LogP contribution is 2.19. The van der Waals surface area contributed by atoms with Crippen LogP contribution in [-0.2, 0) is 19.1 Å². The van der Waals surface area contributed by atoms with Crippen molar-refractivity contribution < 1.29 is 19.1 Å². The second-order valence-corrected chi connectivity index (χ2v) is 5.85. The molecule has 0 bridgehead atoms. The summed E-state index contributed by atoms with van der Waals surface area (Å²) in [5.74, 6) is -0.143. The summed E-state index contributed by atoms with van der Waals surface area (Å²) in [7, 11) is 1.41. The van der Waals surface area contributed by atoms with Gasteiger partial charge in [-0.15, -0.1) is 0 Å². The highest BCUT2D eigenvalue weighted by Gasteiger charge is 2.27. The first kappa shape index (κ1) is 16.2. The maximum absolute atomic E-state index is 12.2. The molecule has 1 unspecified atom stereocenters. The van der Waals surface area contributed by atoms with Gasteiger partial charge >= 0.3 is 5.97 Å². The summed E-state index contributed by atoms with van der Waals surface area (Å²) in [5, 5.41) is 3.08. The first-order chi connectivity index (χ1) is 10.2. The van der Waals surface area contributed by atoms with E-state index in [-0.39, 0.29) is 24.0 Å². The number of amides is 1. The Hall–Kier alpha value is -1.14. The molecule has 2 aliphatic heterocycles. The van der Waals surface area contributed by atoms with Gasteiger partial charge in [0.15, 0.2) is 0 Å². The average Bonchev–Trinajstić information content (AvgIpc) is 2.50. The zero-order chi connectivity index (χ0) is 15.1. The third-order valence-corrected chi connectivity index (χ3v) is 4.31. The predicted octanol–water partition coefficient (Wildman–Crippen LogP) is 0.699. The second kappa shape index (κ2) is 8.34. The molecule has 0 spiro atoms. The van der Waals surface area contributed by atoms with Gasteiger partial charge in [0, 0.05) is 25.3 Å². The number of carbonyl (C=O) groups is 2. The first-order valence-electron chi connectivity index (χ1n) is 7.87. The third kappa shape index (κ3) is 5.28. The second-order valence-electron chi connectivity index (χ2n) is 5.85. The zero-order valence-corrected chi connectivity index (χ0v) is 12.8. The summed E-state index contributed by atoms with van der Waals surface area (Å²) in [4.78, 5) is 25.8. The van der Waals surface area contributed by atoms with E-state index in [0.717, 1.165) is 51.9 Å². The topological polar surface area (TPSA) is 67.9 Å². The van der Waals surface area contributed by atoms with E-state index in [9.17, 15) is 9.59 Å². The number of methoxy groups -OCH3 is 1.